The SMILES string of the molecule is O=C(CSc1nncn1-c1ccccc1)NNC(=O)C1COc2ccccc2O1. The molecule has 10 heteroatoms. The number of benzene rings is 2. The predicted molar refractivity (Wildman–Crippen MR) is 105 cm³/mol. The fraction of sp³-hybridized carbons (Fsp3) is 0.158. The Morgan fingerprint density at radius 2 is 1.83 bits per heavy atom. The normalized spacial score (nSPS) is 14.8. The van der Waals surface area contributed by atoms with Crippen molar-refractivity contribution in [1.82, 2.24) is 25.6 Å². The van der Waals surface area contributed by atoms with E-state index in [4.69, 9.17) is 9.47 Å². The highest BCUT2D eigenvalue weighted by Gasteiger charge is 2.27. The number of ether oxygens (including phenoxy) is 2. The number of hydrogen-bond acceptors (Lipinski definition) is 7. The summed E-state index contributed by atoms with van der Waals surface area (Å²) in [5.74, 6) is 0.241. The molecule has 2 heterocycles. The number of aromatic nitrogens is 3. The Balaban J connectivity index is 1.26. The highest BCUT2D eigenvalue weighted by Crippen LogP contribution is 2.30. The maximum atomic E-state index is 12.2. The van der Waals surface area contributed by atoms with Gasteiger partial charge in [-0.25, -0.2) is 0 Å². The molecule has 1 unspecified atom stereocenters. The van der Waals surface area contributed by atoms with Gasteiger partial charge in [0.05, 0.1) is 5.75 Å². The first kappa shape index (κ1) is 18.8. The van der Waals surface area contributed by atoms with Crippen molar-refractivity contribution in [3.8, 4) is 17.2 Å². The zero-order valence-electron chi connectivity index (χ0n) is 15.1. The summed E-state index contributed by atoms with van der Waals surface area (Å²) >= 11 is 1.20. The smallest absolute Gasteiger partial charge is 0.283 e. The molecule has 0 saturated heterocycles. The van der Waals surface area contributed by atoms with Gasteiger partial charge in [-0.2, -0.15) is 0 Å². The van der Waals surface area contributed by atoms with Gasteiger partial charge < -0.3 is 9.47 Å². The van der Waals surface area contributed by atoms with E-state index in [1.165, 1.54) is 11.8 Å². The van der Waals surface area contributed by atoms with Gasteiger partial charge in [-0.15, -0.1) is 10.2 Å². The topological polar surface area (TPSA) is 107 Å². The van der Waals surface area contributed by atoms with Gasteiger partial charge in [-0.05, 0) is 24.3 Å². The summed E-state index contributed by atoms with van der Waals surface area (Å²) in [5, 5.41) is 8.48. The molecule has 0 radical (unpaired) electrons. The van der Waals surface area contributed by atoms with Gasteiger partial charge in [-0.1, -0.05) is 42.1 Å². The van der Waals surface area contributed by atoms with Crippen LogP contribution in [-0.2, 0) is 9.59 Å². The second-order valence-electron chi connectivity index (χ2n) is 6.01. The molecule has 9 nitrogen and oxygen atoms in total. The molecule has 0 saturated carbocycles. The minimum absolute atomic E-state index is 0.0522. The highest BCUT2D eigenvalue weighted by molar-refractivity contribution is 7.99. The number of hydrazine groups is 1. The molecule has 4 rings (SSSR count). The van der Waals surface area contributed by atoms with Crippen LogP contribution in [0.5, 0.6) is 11.5 Å². The zero-order valence-corrected chi connectivity index (χ0v) is 16.0. The number of nitrogens with one attached hydrogen (secondary N) is 2. The van der Waals surface area contributed by atoms with Crippen LogP contribution >= 0.6 is 11.8 Å². The molecule has 3 aromatic rings. The number of para-hydroxylation sites is 3. The summed E-state index contributed by atoms with van der Waals surface area (Å²) in [7, 11) is 0. The molecule has 2 aromatic carbocycles. The fourth-order valence-electron chi connectivity index (χ4n) is 2.62. The van der Waals surface area contributed by atoms with Gasteiger partial charge >= 0.3 is 0 Å². The molecular formula is C19H17N5O4S. The van der Waals surface area contributed by atoms with E-state index in [-0.39, 0.29) is 18.3 Å². The lowest BCUT2D eigenvalue weighted by Gasteiger charge is -2.25. The average Bonchev–Trinajstić information content (AvgIpc) is 3.25. The van der Waals surface area contributed by atoms with Crippen LogP contribution in [0.2, 0.25) is 0 Å². The molecular weight excluding hydrogens is 394 g/mol. The van der Waals surface area contributed by atoms with Gasteiger partial charge in [0.1, 0.15) is 12.9 Å². The van der Waals surface area contributed by atoms with Gasteiger partial charge in [0.2, 0.25) is 12.0 Å². The summed E-state index contributed by atoms with van der Waals surface area (Å²) in [6.45, 7) is 0.0631. The molecule has 0 bridgehead atoms. The molecule has 0 aliphatic carbocycles. The number of hydrogen-bond donors (Lipinski definition) is 2. The molecule has 0 fully saturated rings. The maximum Gasteiger partial charge on any atom is 0.283 e. The Hall–Kier alpha value is -3.53. The van der Waals surface area contributed by atoms with Crippen LogP contribution < -0.4 is 20.3 Å². The molecule has 1 atom stereocenters. The van der Waals surface area contributed by atoms with Crippen LogP contribution in [0.3, 0.4) is 0 Å². The highest BCUT2D eigenvalue weighted by atomic mass is 32.2. The minimum atomic E-state index is -0.848. The summed E-state index contributed by atoms with van der Waals surface area (Å²) < 4.78 is 12.9. The van der Waals surface area contributed by atoms with E-state index in [9.17, 15) is 9.59 Å². The second kappa shape index (κ2) is 8.65. The molecule has 2 amide bonds. The molecule has 2 N–H and O–H groups in total. The zero-order chi connectivity index (χ0) is 20.1. The molecule has 0 spiro atoms. The van der Waals surface area contributed by atoms with E-state index in [1.807, 2.05) is 36.4 Å². The summed E-state index contributed by atoms with van der Waals surface area (Å²) in [5.41, 5.74) is 5.62. The number of thioether (sulfide) groups is 1. The Morgan fingerprint density at radius 3 is 2.66 bits per heavy atom. The van der Waals surface area contributed by atoms with Crippen molar-refractivity contribution in [3.63, 3.8) is 0 Å². The molecule has 1 aromatic heterocycles. The lowest BCUT2D eigenvalue weighted by atomic mass is 10.2. The van der Waals surface area contributed by atoms with Crippen molar-refractivity contribution in [2.75, 3.05) is 12.4 Å². The maximum absolute atomic E-state index is 12.2. The Labute approximate surface area is 170 Å². The third kappa shape index (κ3) is 4.49. The van der Waals surface area contributed by atoms with Gasteiger partial charge in [0.25, 0.3) is 5.91 Å². The number of rotatable bonds is 5. The summed E-state index contributed by atoms with van der Waals surface area (Å²) in [6, 6.07) is 16.6. The summed E-state index contributed by atoms with van der Waals surface area (Å²) in [4.78, 5) is 24.3. The minimum Gasteiger partial charge on any atom is -0.485 e. The Kier molecular flexibility index (Phi) is 5.61. The van der Waals surface area contributed by atoms with E-state index < -0.39 is 12.0 Å². The third-order valence-electron chi connectivity index (χ3n) is 4.01. The monoisotopic (exact) mass is 411 g/mol. The van der Waals surface area contributed by atoms with E-state index >= 15 is 0 Å². The van der Waals surface area contributed by atoms with E-state index in [2.05, 4.69) is 21.0 Å². The first-order valence-electron chi connectivity index (χ1n) is 8.76. The van der Waals surface area contributed by atoms with Crippen molar-refractivity contribution in [2.45, 2.75) is 11.3 Å². The average molecular weight is 411 g/mol. The van der Waals surface area contributed by atoms with Crippen LogP contribution in [-0.4, -0.2) is 45.0 Å². The molecule has 1 aliphatic heterocycles. The van der Waals surface area contributed by atoms with Gasteiger partial charge in [0, 0.05) is 5.69 Å². The fourth-order valence-corrected chi connectivity index (χ4v) is 3.34. The van der Waals surface area contributed by atoms with Crippen LogP contribution in [0.25, 0.3) is 5.69 Å². The van der Waals surface area contributed by atoms with E-state index in [1.54, 1.807) is 29.1 Å². The lowest BCUT2D eigenvalue weighted by Crippen LogP contribution is -2.51. The van der Waals surface area contributed by atoms with E-state index in [0.717, 1.165) is 5.69 Å². The standard InChI is InChI=1S/C19H17N5O4S/c25-17(11-29-19-23-20-12-24(19)13-6-2-1-3-7-13)21-22-18(26)16-10-27-14-8-4-5-9-15(14)28-16/h1-9,12,16H,10-11H2,(H,21,25)(H,22,26). The first-order valence-corrected chi connectivity index (χ1v) is 9.75. The largest absolute Gasteiger partial charge is 0.485 e. The van der Waals surface area contributed by atoms with E-state index in [0.29, 0.717) is 16.7 Å². The van der Waals surface area contributed by atoms with Crippen molar-refractivity contribution in [1.29, 1.82) is 0 Å². The van der Waals surface area contributed by atoms with Crippen molar-refractivity contribution < 1.29 is 19.1 Å². The van der Waals surface area contributed by atoms with Crippen LogP contribution in [0.15, 0.2) is 66.1 Å². The van der Waals surface area contributed by atoms with Crippen LogP contribution in [0.4, 0.5) is 0 Å². The van der Waals surface area contributed by atoms with Crippen molar-refractivity contribution >= 4 is 23.6 Å². The Morgan fingerprint density at radius 1 is 1.07 bits per heavy atom. The third-order valence-corrected chi connectivity index (χ3v) is 4.95. The number of carbonyl (C=O) groups is 2. The lowest BCUT2D eigenvalue weighted by molar-refractivity contribution is -0.134. The quantitative estimate of drug-likeness (QED) is 0.482. The van der Waals surface area contributed by atoms with Crippen LogP contribution in [0.1, 0.15) is 0 Å². The van der Waals surface area contributed by atoms with Crippen molar-refractivity contribution in [3.05, 3.63) is 60.9 Å². The predicted octanol–water partition coefficient (Wildman–Crippen LogP) is 1.35. The number of fused-ring (bicyclic) bond motifs is 1. The van der Waals surface area contributed by atoms with Gasteiger partial charge in [0.15, 0.2) is 16.7 Å². The number of nitrogens with zero attached hydrogens (tertiary/aromatic N) is 3. The number of amides is 2. The second-order valence-corrected chi connectivity index (χ2v) is 6.95. The number of carbonyl (C=O) groups excluding carboxylic acids is 2. The summed E-state index contributed by atoms with van der Waals surface area (Å²) in [6.07, 6.45) is 0.731. The first-order chi connectivity index (χ1) is 14.2. The molecule has 148 valence electrons. The van der Waals surface area contributed by atoms with Crippen molar-refractivity contribution in [2.24, 2.45) is 0 Å². The molecule has 1 aliphatic rings. The Bertz CT molecular complexity index is 1010. The van der Waals surface area contributed by atoms with Gasteiger partial charge in [-0.3, -0.25) is 25.0 Å². The molecule has 29 heavy (non-hydrogen) atoms. The van der Waals surface area contributed by atoms with Crippen LogP contribution in [0, 0.1) is 0 Å².